The van der Waals surface area contributed by atoms with Crippen molar-refractivity contribution < 1.29 is 14.3 Å². The van der Waals surface area contributed by atoms with Crippen molar-refractivity contribution in [3.05, 3.63) is 35.6 Å². The summed E-state index contributed by atoms with van der Waals surface area (Å²) >= 11 is 0. The predicted octanol–water partition coefficient (Wildman–Crippen LogP) is 1.21. The highest BCUT2D eigenvalue weighted by Gasteiger charge is 2.29. The number of hydrogen-bond donors (Lipinski definition) is 2. The molecule has 0 aliphatic carbocycles. The Hall–Kier alpha value is -1.42. The molecule has 0 aliphatic heterocycles. The molecule has 0 spiro atoms. The van der Waals surface area contributed by atoms with Gasteiger partial charge in [-0.25, -0.2) is 4.39 Å². The zero-order chi connectivity index (χ0) is 12.2. The van der Waals surface area contributed by atoms with E-state index in [0.717, 1.165) is 5.56 Å². The van der Waals surface area contributed by atoms with Crippen molar-refractivity contribution >= 4 is 5.91 Å². The molecule has 0 radical (unpaired) electrons. The van der Waals surface area contributed by atoms with Gasteiger partial charge in [0.25, 0.3) is 0 Å². The Kier molecular flexibility index (Phi) is 4.01. The number of halogens is 1. The van der Waals surface area contributed by atoms with Crippen molar-refractivity contribution in [2.24, 2.45) is 0 Å². The smallest absolute Gasteiger partial charge is 0.230 e. The highest BCUT2D eigenvalue weighted by atomic mass is 19.1. The van der Waals surface area contributed by atoms with Gasteiger partial charge in [-0.05, 0) is 31.5 Å². The van der Waals surface area contributed by atoms with E-state index in [2.05, 4.69) is 5.32 Å². The first-order valence-electron chi connectivity index (χ1n) is 5.13. The molecule has 3 nitrogen and oxygen atoms in total. The summed E-state index contributed by atoms with van der Waals surface area (Å²) in [6.07, 6.45) is 0. The second-order valence-corrected chi connectivity index (χ2v) is 4.11. The average molecular weight is 225 g/mol. The number of carbonyl (C=O) groups is 1. The maximum Gasteiger partial charge on any atom is 0.230 e. The maximum atomic E-state index is 12.7. The summed E-state index contributed by atoms with van der Waals surface area (Å²) in [4.78, 5) is 11.8. The van der Waals surface area contributed by atoms with Crippen LogP contribution >= 0.6 is 0 Å². The van der Waals surface area contributed by atoms with Gasteiger partial charge in [-0.2, -0.15) is 0 Å². The SMILES string of the molecule is CC(C)(C(=O)NCCO)c1ccc(F)cc1. The second kappa shape index (κ2) is 5.07. The largest absolute Gasteiger partial charge is 0.395 e. The Morgan fingerprint density at radius 3 is 2.44 bits per heavy atom. The van der Waals surface area contributed by atoms with E-state index in [-0.39, 0.29) is 24.9 Å². The van der Waals surface area contributed by atoms with Gasteiger partial charge in [-0.15, -0.1) is 0 Å². The number of carbonyl (C=O) groups excluding carboxylic acids is 1. The summed E-state index contributed by atoms with van der Waals surface area (Å²) < 4.78 is 12.7. The summed E-state index contributed by atoms with van der Waals surface area (Å²) in [6, 6.07) is 5.84. The number of rotatable bonds is 4. The van der Waals surface area contributed by atoms with Crippen molar-refractivity contribution in [3.8, 4) is 0 Å². The van der Waals surface area contributed by atoms with E-state index in [1.807, 2.05) is 0 Å². The van der Waals surface area contributed by atoms with Gasteiger partial charge in [-0.3, -0.25) is 4.79 Å². The Bertz CT molecular complexity index is 360. The molecule has 0 aliphatic rings. The van der Waals surface area contributed by atoms with Crippen LogP contribution in [0.3, 0.4) is 0 Å². The van der Waals surface area contributed by atoms with E-state index in [1.165, 1.54) is 12.1 Å². The lowest BCUT2D eigenvalue weighted by Gasteiger charge is -2.23. The number of aliphatic hydroxyl groups is 1. The molecular formula is C12H16FNO2. The van der Waals surface area contributed by atoms with Crippen LogP contribution in [-0.2, 0) is 10.2 Å². The number of hydrogen-bond acceptors (Lipinski definition) is 2. The number of benzene rings is 1. The average Bonchev–Trinajstić information content (AvgIpc) is 2.26. The Morgan fingerprint density at radius 1 is 1.38 bits per heavy atom. The van der Waals surface area contributed by atoms with Crippen molar-refractivity contribution in [3.63, 3.8) is 0 Å². The zero-order valence-electron chi connectivity index (χ0n) is 9.46. The highest BCUT2D eigenvalue weighted by Crippen LogP contribution is 2.23. The van der Waals surface area contributed by atoms with Crippen molar-refractivity contribution in [1.82, 2.24) is 5.32 Å². The van der Waals surface area contributed by atoms with Crippen molar-refractivity contribution in [2.75, 3.05) is 13.2 Å². The molecule has 0 saturated carbocycles. The van der Waals surface area contributed by atoms with Gasteiger partial charge < -0.3 is 10.4 Å². The molecule has 2 N–H and O–H groups in total. The molecule has 0 fully saturated rings. The number of aliphatic hydroxyl groups excluding tert-OH is 1. The summed E-state index contributed by atoms with van der Waals surface area (Å²) in [6.45, 7) is 3.65. The van der Waals surface area contributed by atoms with Crippen LogP contribution in [0.2, 0.25) is 0 Å². The third-order valence-electron chi connectivity index (χ3n) is 2.53. The third-order valence-corrected chi connectivity index (χ3v) is 2.53. The zero-order valence-corrected chi connectivity index (χ0v) is 9.46. The molecule has 4 heteroatoms. The molecule has 0 aromatic heterocycles. The fourth-order valence-electron chi connectivity index (χ4n) is 1.39. The molecule has 0 saturated heterocycles. The third kappa shape index (κ3) is 2.79. The summed E-state index contributed by atoms with van der Waals surface area (Å²) in [5.74, 6) is -0.511. The van der Waals surface area contributed by atoms with Gasteiger partial charge in [0.15, 0.2) is 0 Å². The van der Waals surface area contributed by atoms with E-state index >= 15 is 0 Å². The van der Waals surface area contributed by atoms with Crippen LogP contribution in [0.15, 0.2) is 24.3 Å². The lowest BCUT2D eigenvalue weighted by atomic mass is 9.84. The minimum absolute atomic E-state index is 0.0920. The first-order chi connectivity index (χ1) is 7.48. The first kappa shape index (κ1) is 12.6. The van der Waals surface area contributed by atoms with Gasteiger partial charge in [0.1, 0.15) is 5.82 Å². The van der Waals surface area contributed by atoms with Gasteiger partial charge in [0, 0.05) is 6.54 Å². The number of nitrogens with one attached hydrogen (secondary N) is 1. The van der Waals surface area contributed by atoms with Crippen LogP contribution in [0.4, 0.5) is 4.39 Å². The normalized spacial score (nSPS) is 11.2. The Labute approximate surface area is 94.3 Å². The van der Waals surface area contributed by atoms with Gasteiger partial charge in [0.2, 0.25) is 5.91 Å². The first-order valence-corrected chi connectivity index (χ1v) is 5.13. The molecule has 0 unspecified atom stereocenters. The lowest BCUT2D eigenvalue weighted by molar-refractivity contribution is -0.125. The summed E-state index contributed by atoms with van der Waals surface area (Å²) in [5, 5.41) is 11.2. The monoisotopic (exact) mass is 225 g/mol. The van der Waals surface area contributed by atoms with Crippen LogP contribution in [-0.4, -0.2) is 24.2 Å². The lowest BCUT2D eigenvalue weighted by Crippen LogP contribution is -2.41. The quantitative estimate of drug-likeness (QED) is 0.809. The van der Waals surface area contributed by atoms with Crippen LogP contribution in [0, 0.1) is 5.82 Å². The molecule has 0 heterocycles. The van der Waals surface area contributed by atoms with E-state index in [0.29, 0.717) is 0 Å². The fraction of sp³-hybridized carbons (Fsp3) is 0.417. The topological polar surface area (TPSA) is 49.3 Å². The van der Waals surface area contributed by atoms with Crippen LogP contribution in [0.25, 0.3) is 0 Å². The number of amides is 1. The molecule has 1 aromatic rings. The molecule has 1 aromatic carbocycles. The van der Waals surface area contributed by atoms with E-state index in [1.54, 1.807) is 26.0 Å². The Morgan fingerprint density at radius 2 is 1.94 bits per heavy atom. The van der Waals surface area contributed by atoms with Gasteiger partial charge in [-0.1, -0.05) is 12.1 Å². The summed E-state index contributed by atoms with van der Waals surface area (Å²) in [5.41, 5.74) is 0.00687. The molecule has 0 atom stereocenters. The Balaban J connectivity index is 2.83. The van der Waals surface area contributed by atoms with Gasteiger partial charge >= 0.3 is 0 Å². The van der Waals surface area contributed by atoms with Crippen molar-refractivity contribution in [2.45, 2.75) is 19.3 Å². The van der Waals surface area contributed by atoms with Gasteiger partial charge in [0.05, 0.1) is 12.0 Å². The second-order valence-electron chi connectivity index (χ2n) is 4.11. The van der Waals surface area contributed by atoms with Crippen molar-refractivity contribution in [1.29, 1.82) is 0 Å². The van der Waals surface area contributed by atoms with Crippen LogP contribution in [0.5, 0.6) is 0 Å². The molecule has 88 valence electrons. The van der Waals surface area contributed by atoms with E-state index in [4.69, 9.17) is 5.11 Å². The van der Waals surface area contributed by atoms with Crippen LogP contribution in [0.1, 0.15) is 19.4 Å². The van der Waals surface area contributed by atoms with E-state index < -0.39 is 5.41 Å². The highest BCUT2D eigenvalue weighted by molar-refractivity contribution is 5.87. The minimum Gasteiger partial charge on any atom is -0.395 e. The molecule has 1 amide bonds. The fourth-order valence-corrected chi connectivity index (χ4v) is 1.39. The summed E-state index contributed by atoms with van der Waals surface area (Å²) in [7, 11) is 0. The minimum atomic E-state index is -0.733. The predicted molar refractivity (Wildman–Crippen MR) is 59.5 cm³/mol. The molecule has 1 rings (SSSR count). The molecule has 16 heavy (non-hydrogen) atoms. The van der Waals surface area contributed by atoms with Crippen LogP contribution < -0.4 is 5.32 Å². The maximum absolute atomic E-state index is 12.7. The standard InChI is InChI=1S/C12H16FNO2/c1-12(2,11(16)14-7-8-15)9-3-5-10(13)6-4-9/h3-6,15H,7-8H2,1-2H3,(H,14,16). The molecule has 0 bridgehead atoms. The van der Waals surface area contributed by atoms with E-state index in [9.17, 15) is 9.18 Å². The molecular weight excluding hydrogens is 209 g/mol.